The number of likely N-dealkylation sites (tertiary alicyclic amines) is 1. The van der Waals surface area contributed by atoms with Crippen molar-refractivity contribution in [3.05, 3.63) is 35.1 Å². The van der Waals surface area contributed by atoms with Crippen molar-refractivity contribution in [2.45, 2.75) is 36.9 Å². The van der Waals surface area contributed by atoms with Crippen molar-refractivity contribution in [1.29, 1.82) is 0 Å². The fraction of sp³-hybridized carbons (Fsp3) is 0.588. The summed E-state index contributed by atoms with van der Waals surface area (Å²) in [6.07, 6.45) is -0.230. The molecular weight excluding hydrogens is 440 g/mol. The third-order valence-corrected chi connectivity index (χ3v) is 7.04. The van der Waals surface area contributed by atoms with Gasteiger partial charge in [-0.15, -0.1) is 0 Å². The quantitative estimate of drug-likeness (QED) is 0.537. The Hall–Kier alpha value is -1.86. The van der Waals surface area contributed by atoms with Crippen LogP contribution in [-0.4, -0.2) is 60.8 Å². The highest BCUT2D eigenvalue weighted by molar-refractivity contribution is 7.90. The second-order valence-corrected chi connectivity index (χ2v) is 9.43. The lowest BCUT2D eigenvalue weighted by Gasteiger charge is -2.26. The van der Waals surface area contributed by atoms with Crippen LogP contribution in [0.4, 0.5) is 26.3 Å². The molecule has 2 aliphatic rings. The average Bonchev–Trinajstić information content (AvgIpc) is 3.19. The number of sulfonamides is 1. The Labute approximate surface area is 168 Å². The summed E-state index contributed by atoms with van der Waals surface area (Å²) in [7, 11) is -5.48. The van der Waals surface area contributed by atoms with Crippen molar-refractivity contribution in [1.82, 2.24) is 9.21 Å². The van der Waals surface area contributed by atoms with Gasteiger partial charge in [-0.25, -0.2) is 21.6 Å². The van der Waals surface area contributed by atoms with Gasteiger partial charge < -0.3 is 10.6 Å². The third kappa shape index (κ3) is 4.28. The summed E-state index contributed by atoms with van der Waals surface area (Å²) in [5.74, 6) is -4.58. The average molecular weight is 459 g/mol. The molecule has 0 spiro atoms. The summed E-state index contributed by atoms with van der Waals surface area (Å²) in [6.45, 7) is -0.561. The predicted molar refractivity (Wildman–Crippen MR) is 92.8 cm³/mol. The molecule has 0 bridgehead atoms. The molecule has 1 unspecified atom stereocenters. The van der Waals surface area contributed by atoms with Crippen LogP contribution in [0.25, 0.3) is 0 Å². The number of benzene rings is 1. The van der Waals surface area contributed by atoms with Gasteiger partial charge in [-0.05, 0) is 30.4 Å². The maximum atomic E-state index is 13.7. The normalized spacial score (nSPS) is 23.6. The number of carbonyl (C=O) groups excluding carboxylic acids is 1. The lowest BCUT2D eigenvalue weighted by Crippen LogP contribution is -2.45. The van der Waals surface area contributed by atoms with Crippen LogP contribution in [0.5, 0.6) is 0 Å². The van der Waals surface area contributed by atoms with Gasteiger partial charge in [0.25, 0.3) is 0 Å². The maximum Gasteiger partial charge on any atom is 0.511 e. The first-order valence-electron chi connectivity index (χ1n) is 9.06. The topological polar surface area (TPSA) is 83.7 Å². The first-order chi connectivity index (χ1) is 13.8. The first-order valence-corrected chi connectivity index (χ1v) is 10.5. The summed E-state index contributed by atoms with van der Waals surface area (Å²) in [6, 6.07) is -0.634. The van der Waals surface area contributed by atoms with Crippen molar-refractivity contribution in [3.63, 3.8) is 0 Å². The minimum atomic E-state index is -5.48. The summed E-state index contributed by atoms with van der Waals surface area (Å²) in [4.78, 5) is 13.9. The molecule has 0 radical (unpaired) electrons. The van der Waals surface area contributed by atoms with E-state index < -0.39 is 63.4 Å². The third-order valence-electron chi connectivity index (χ3n) is 5.48. The summed E-state index contributed by atoms with van der Waals surface area (Å²) >= 11 is 0. The van der Waals surface area contributed by atoms with E-state index >= 15 is 0 Å². The van der Waals surface area contributed by atoms with Gasteiger partial charge >= 0.3 is 15.5 Å². The van der Waals surface area contributed by atoms with Crippen LogP contribution in [0.1, 0.15) is 18.4 Å². The minimum absolute atomic E-state index is 0.211. The second-order valence-electron chi connectivity index (χ2n) is 7.50. The van der Waals surface area contributed by atoms with Crippen LogP contribution in [-0.2, 0) is 21.2 Å². The Morgan fingerprint density at radius 3 is 2.40 bits per heavy atom. The van der Waals surface area contributed by atoms with Gasteiger partial charge in [-0.1, -0.05) is 0 Å². The van der Waals surface area contributed by atoms with E-state index in [0.29, 0.717) is 22.9 Å². The van der Waals surface area contributed by atoms with Gasteiger partial charge in [-0.2, -0.15) is 17.5 Å². The molecule has 2 aliphatic heterocycles. The molecule has 2 fully saturated rings. The Morgan fingerprint density at radius 1 is 1.13 bits per heavy atom. The van der Waals surface area contributed by atoms with Gasteiger partial charge in [0.2, 0.25) is 5.91 Å². The highest BCUT2D eigenvalue weighted by atomic mass is 32.2. The van der Waals surface area contributed by atoms with Crippen LogP contribution in [0.2, 0.25) is 0 Å². The monoisotopic (exact) mass is 459 g/mol. The van der Waals surface area contributed by atoms with Crippen molar-refractivity contribution >= 4 is 15.9 Å². The Morgan fingerprint density at radius 2 is 1.77 bits per heavy atom. The molecule has 2 N–H and O–H groups in total. The number of fused-ring (bicyclic) bond motifs is 1. The molecule has 3 atom stereocenters. The number of hydrogen-bond donors (Lipinski definition) is 1. The number of nitrogens with zero attached hydrogens (tertiary/aromatic N) is 2. The zero-order chi connectivity index (χ0) is 22.4. The van der Waals surface area contributed by atoms with Crippen molar-refractivity contribution in [3.8, 4) is 0 Å². The van der Waals surface area contributed by atoms with E-state index in [4.69, 9.17) is 5.73 Å². The molecule has 0 aromatic heterocycles. The predicted octanol–water partition coefficient (Wildman–Crippen LogP) is 1.75. The molecule has 6 nitrogen and oxygen atoms in total. The lowest BCUT2D eigenvalue weighted by atomic mass is 10.0. The van der Waals surface area contributed by atoms with Crippen LogP contribution in [0.15, 0.2) is 12.1 Å². The minimum Gasteiger partial charge on any atom is -0.338 e. The largest absolute Gasteiger partial charge is 0.511 e. The Bertz CT molecular complexity index is 939. The molecule has 168 valence electrons. The second kappa shape index (κ2) is 8.00. The van der Waals surface area contributed by atoms with E-state index in [2.05, 4.69) is 0 Å². The Balaban J connectivity index is 1.63. The van der Waals surface area contributed by atoms with Gasteiger partial charge in [-0.3, -0.25) is 4.79 Å². The maximum absolute atomic E-state index is 13.7. The molecule has 3 rings (SSSR count). The van der Waals surface area contributed by atoms with E-state index in [1.165, 1.54) is 4.90 Å². The zero-order valence-corrected chi connectivity index (χ0v) is 16.3. The van der Waals surface area contributed by atoms with E-state index in [9.17, 15) is 39.6 Å². The first kappa shape index (κ1) is 22.8. The zero-order valence-electron chi connectivity index (χ0n) is 15.5. The Kier molecular flexibility index (Phi) is 6.09. The van der Waals surface area contributed by atoms with E-state index in [1.54, 1.807) is 0 Å². The van der Waals surface area contributed by atoms with Gasteiger partial charge in [0, 0.05) is 44.2 Å². The van der Waals surface area contributed by atoms with Crippen LogP contribution < -0.4 is 5.73 Å². The van der Waals surface area contributed by atoms with E-state index in [-0.39, 0.29) is 31.5 Å². The molecule has 0 aliphatic carbocycles. The molecular formula is C17H19F6N3O3S. The van der Waals surface area contributed by atoms with E-state index in [1.807, 2.05) is 0 Å². The number of rotatable bonds is 5. The molecule has 2 saturated heterocycles. The smallest absolute Gasteiger partial charge is 0.338 e. The van der Waals surface area contributed by atoms with Crippen molar-refractivity contribution < 1.29 is 39.6 Å². The molecule has 13 heteroatoms. The number of halogens is 6. The van der Waals surface area contributed by atoms with Gasteiger partial charge in [0.15, 0.2) is 11.6 Å². The highest BCUT2D eigenvalue weighted by Crippen LogP contribution is 2.37. The fourth-order valence-corrected chi connectivity index (χ4v) is 5.02. The van der Waals surface area contributed by atoms with Crippen molar-refractivity contribution in [2.24, 2.45) is 11.7 Å². The SMILES string of the molecule is NC(CC(=O)N1CC[C@H]2CN(S(=O)(=O)C(F)(F)F)C[C@H]21)Cc1cc(F)c(F)cc1F. The molecule has 1 aromatic carbocycles. The van der Waals surface area contributed by atoms with Crippen LogP contribution >= 0.6 is 0 Å². The van der Waals surface area contributed by atoms with E-state index in [0.717, 1.165) is 0 Å². The summed E-state index contributed by atoms with van der Waals surface area (Å²) in [5, 5.41) is 0. The number of hydrogen-bond acceptors (Lipinski definition) is 4. The van der Waals surface area contributed by atoms with Crippen LogP contribution in [0.3, 0.4) is 0 Å². The number of nitrogens with two attached hydrogens (primary N) is 1. The molecule has 0 saturated carbocycles. The lowest BCUT2D eigenvalue weighted by molar-refractivity contribution is -0.132. The summed E-state index contributed by atoms with van der Waals surface area (Å²) < 4.78 is 102. The number of carbonyl (C=O) groups is 1. The van der Waals surface area contributed by atoms with Crippen LogP contribution in [0, 0.1) is 23.4 Å². The van der Waals surface area contributed by atoms with Gasteiger partial charge in [0.05, 0.1) is 0 Å². The fourth-order valence-electron chi connectivity index (χ4n) is 3.99. The number of alkyl halides is 3. The molecule has 30 heavy (non-hydrogen) atoms. The van der Waals surface area contributed by atoms with Gasteiger partial charge in [0.1, 0.15) is 5.82 Å². The molecule has 1 aromatic rings. The van der Waals surface area contributed by atoms with Crippen molar-refractivity contribution in [2.75, 3.05) is 19.6 Å². The standard InChI is InChI=1S/C17H19F6N3O3S/c18-12-6-14(20)13(19)4-10(12)3-11(24)5-16(27)26-2-1-9-7-25(8-15(9)26)30(28,29)17(21,22)23/h4,6,9,11,15H,1-3,5,7-8,24H2/t9-,11?,15+/m0/s1. The highest BCUT2D eigenvalue weighted by Gasteiger charge is 2.55. The summed E-state index contributed by atoms with van der Waals surface area (Å²) in [5.41, 5.74) is 0.206. The molecule has 2 heterocycles. The molecule has 1 amide bonds. The number of amides is 1.